The van der Waals surface area contributed by atoms with E-state index in [4.69, 9.17) is 10.2 Å². The molecular formula is C12H20N2O5. The number of carbonyl (C=O) groups is 3. The quantitative estimate of drug-likeness (QED) is 0.521. The lowest BCUT2D eigenvalue weighted by Crippen LogP contribution is -2.48. The van der Waals surface area contributed by atoms with Crippen LogP contribution in [0.15, 0.2) is 0 Å². The van der Waals surface area contributed by atoms with Gasteiger partial charge in [-0.05, 0) is 24.7 Å². The standard InChI is InChI=1S/C12H20N2O5/c1-2-3-12(4-5-12)7-13-11(19)14-8(10(17)18)6-9(15)16/h8H,2-7H2,1H3,(H,15,16)(H,17,18)(H2,13,14,19)/t8-/m1/s1. The fourth-order valence-electron chi connectivity index (χ4n) is 2.07. The summed E-state index contributed by atoms with van der Waals surface area (Å²) in [4.78, 5) is 32.8. The molecule has 4 N–H and O–H groups in total. The zero-order valence-corrected chi connectivity index (χ0v) is 10.9. The summed E-state index contributed by atoms with van der Waals surface area (Å²) < 4.78 is 0. The number of rotatable bonds is 8. The summed E-state index contributed by atoms with van der Waals surface area (Å²) in [7, 11) is 0. The minimum absolute atomic E-state index is 0.164. The molecule has 7 heteroatoms. The maximum absolute atomic E-state index is 11.5. The van der Waals surface area contributed by atoms with E-state index < -0.39 is 30.4 Å². The van der Waals surface area contributed by atoms with Crippen molar-refractivity contribution in [2.45, 2.75) is 45.1 Å². The molecule has 0 unspecified atom stereocenters. The van der Waals surface area contributed by atoms with Gasteiger partial charge in [-0.3, -0.25) is 4.79 Å². The molecule has 108 valence electrons. The molecule has 1 saturated carbocycles. The minimum Gasteiger partial charge on any atom is -0.481 e. The van der Waals surface area contributed by atoms with Crippen LogP contribution in [0.4, 0.5) is 4.79 Å². The predicted octanol–water partition coefficient (Wildman–Crippen LogP) is 0.794. The fourth-order valence-corrected chi connectivity index (χ4v) is 2.07. The van der Waals surface area contributed by atoms with E-state index in [2.05, 4.69) is 17.6 Å². The van der Waals surface area contributed by atoms with Crippen LogP contribution in [0, 0.1) is 5.41 Å². The lowest BCUT2D eigenvalue weighted by Gasteiger charge is -2.17. The van der Waals surface area contributed by atoms with Crippen molar-refractivity contribution in [2.75, 3.05) is 6.54 Å². The number of urea groups is 1. The monoisotopic (exact) mass is 272 g/mol. The fraction of sp³-hybridized carbons (Fsp3) is 0.750. The molecular weight excluding hydrogens is 252 g/mol. The topological polar surface area (TPSA) is 116 Å². The van der Waals surface area contributed by atoms with Gasteiger partial charge in [-0.2, -0.15) is 0 Å². The van der Waals surface area contributed by atoms with Gasteiger partial charge in [0.15, 0.2) is 0 Å². The summed E-state index contributed by atoms with van der Waals surface area (Å²) in [6, 6.07) is -2.03. The van der Waals surface area contributed by atoms with E-state index in [1.54, 1.807) is 0 Å². The molecule has 2 amide bonds. The number of aliphatic carboxylic acids is 2. The first kappa shape index (κ1) is 15.3. The van der Waals surface area contributed by atoms with Crippen molar-refractivity contribution in [3.63, 3.8) is 0 Å². The summed E-state index contributed by atoms with van der Waals surface area (Å²) in [5, 5.41) is 22.1. The van der Waals surface area contributed by atoms with E-state index >= 15 is 0 Å². The largest absolute Gasteiger partial charge is 0.481 e. The van der Waals surface area contributed by atoms with Crippen LogP contribution in [0.1, 0.15) is 39.0 Å². The Morgan fingerprint density at radius 2 is 1.89 bits per heavy atom. The zero-order chi connectivity index (χ0) is 14.5. The van der Waals surface area contributed by atoms with Crippen molar-refractivity contribution in [3.05, 3.63) is 0 Å². The molecule has 0 spiro atoms. The molecule has 1 aliphatic rings. The zero-order valence-electron chi connectivity index (χ0n) is 10.9. The number of nitrogens with one attached hydrogen (secondary N) is 2. The predicted molar refractivity (Wildman–Crippen MR) is 66.8 cm³/mol. The summed E-state index contributed by atoms with van der Waals surface area (Å²) in [5.74, 6) is -2.62. The van der Waals surface area contributed by atoms with E-state index in [1.807, 2.05) is 0 Å². The van der Waals surface area contributed by atoms with Crippen LogP contribution in [0.25, 0.3) is 0 Å². The Morgan fingerprint density at radius 1 is 1.26 bits per heavy atom. The first-order valence-corrected chi connectivity index (χ1v) is 6.37. The lowest BCUT2D eigenvalue weighted by atomic mass is 10.0. The Labute approximate surface area is 111 Å². The van der Waals surface area contributed by atoms with Crippen LogP contribution in [-0.4, -0.2) is 40.8 Å². The summed E-state index contributed by atoms with van der Waals surface area (Å²) in [6.45, 7) is 2.58. The van der Waals surface area contributed by atoms with E-state index in [9.17, 15) is 14.4 Å². The van der Waals surface area contributed by atoms with Crippen LogP contribution < -0.4 is 10.6 Å². The van der Waals surface area contributed by atoms with Gasteiger partial charge in [0.25, 0.3) is 0 Å². The molecule has 19 heavy (non-hydrogen) atoms. The molecule has 0 aliphatic heterocycles. The third-order valence-electron chi connectivity index (χ3n) is 3.34. The van der Waals surface area contributed by atoms with E-state index in [0.29, 0.717) is 6.54 Å². The van der Waals surface area contributed by atoms with Crippen LogP contribution in [0.2, 0.25) is 0 Å². The van der Waals surface area contributed by atoms with Crippen LogP contribution in [-0.2, 0) is 9.59 Å². The molecule has 0 radical (unpaired) electrons. The highest BCUT2D eigenvalue weighted by atomic mass is 16.4. The summed E-state index contributed by atoms with van der Waals surface area (Å²) >= 11 is 0. The highest BCUT2D eigenvalue weighted by molar-refractivity contribution is 5.86. The number of amides is 2. The average Bonchev–Trinajstić information content (AvgIpc) is 3.06. The second kappa shape index (κ2) is 6.40. The molecule has 7 nitrogen and oxygen atoms in total. The molecule has 1 atom stereocenters. The highest BCUT2D eigenvalue weighted by Gasteiger charge is 2.41. The minimum atomic E-state index is -1.40. The van der Waals surface area contributed by atoms with Gasteiger partial charge in [-0.1, -0.05) is 13.3 Å². The molecule has 0 aromatic heterocycles. The van der Waals surface area contributed by atoms with Gasteiger partial charge in [-0.25, -0.2) is 9.59 Å². The Bertz CT molecular complexity index is 365. The Hall–Kier alpha value is -1.79. The van der Waals surface area contributed by atoms with Crippen LogP contribution >= 0.6 is 0 Å². The molecule has 1 rings (SSSR count). The van der Waals surface area contributed by atoms with Gasteiger partial charge in [0, 0.05) is 6.54 Å². The first-order valence-electron chi connectivity index (χ1n) is 6.37. The van der Waals surface area contributed by atoms with Gasteiger partial charge in [0.1, 0.15) is 6.04 Å². The van der Waals surface area contributed by atoms with Gasteiger partial charge in [0.05, 0.1) is 6.42 Å². The smallest absolute Gasteiger partial charge is 0.326 e. The van der Waals surface area contributed by atoms with Crippen molar-refractivity contribution < 1.29 is 24.6 Å². The third-order valence-corrected chi connectivity index (χ3v) is 3.34. The van der Waals surface area contributed by atoms with Crippen molar-refractivity contribution in [1.82, 2.24) is 10.6 Å². The number of hydrogen-bond donors (Lipinski definition) is 4. The van der Waals surface area contributed by atoms with E-state index in [1.165, 1.54) is 0 Å². The van der Waals surface area contributed by atoms with Gasteiger partial charge < -0.3 is 20.8 Å². The highest BCUT2D eigenvalue weighted by Crippen LogP contribution is 2.48. The number of carboxylic acid groups (broad SMARTS) is 2. The Morgan fingerprint density at radius 3 is 2.32 bits per heavy atom. The maximum Gasteiger partial charge on any atom is 0.326 e. The van der Waals surface area contributed by atoms with Crippen molar-refractivity contribution in [1.29, 1.82) is 0 Å². The third kappa shape index (κ3) is 5.15. The normalized spacial score (nSPS) is 17.3. The van der Waals surface area contributed by atoms with Crippen LogP contribution in [0.5, 0.6) is 0 Å². The van der Waals surface area contributed by atoms with Gasteiger partial charge in [0.2, 0.25) is 0 Å². The Kier molecular flexibility index (Phi) is 5.14. The molecule has 0 heterocycles. The van der Waals surface area contributed by atoms with Gasteiger partial charge in [-0.15, -0.1) is 0 Å². The number of hydrogen-bond acceptors (Lipinski definition) is 3. The van der Waals surface area contributed by atoms with Gasteiger partial charge >= 0.3 is 18.0 Å². The molecule has 0 aromatic carbocycles. The molecule has 1 aliphatic carbocycles. The lowest BCUT2D eigenvalue weighted by molar-refractivity contribution is -0.145. The number of carbonyl (C=O) groups excluding carboxylic acids is 1. The Balaban J connectivity index is 2.36. The molecule has 1 fully saturated rings. The van der Waals surface area contributed by atoms with Crippen molar-refractivity contribution in [3.8, 4) is 0 Å². The second-order valence-corrected chi connectivity index (χ2v) is 5.07. The number of carboxylic acids is 2. The van der Waals surface area contributed by atoms with Crippen LogP contribution in [0.3, 0.4) is 0 Å². The molecule has 0 saturated heterocycles. The second-order valence-electron chi connectivity index (χ2n) is 5.07. The van der Waals surface area contributed by atoms with Crippen molar-refractivity contribution in [2.24, 2.45) is 5.41 Å². The van der Waals surface area contributed by atoms with Crippen molar-refractivity contribution >= 4 is 18.0 Å². The first-order chi connectivity index (χ1) is 8.88. The van der Waals surface area contributed by atoms with E-state index in [-0.39, 0.29) is 5.41 Å². The average molecular weight is 272 g/mol. The van der Waals surface area contributed by atoms with E-state index in [0.717, 1.165) is 25.7 Å². The summed E-state index contributed by atoms with van der Waals surface area (Å²) in [5.41, 5.74) is 0.164. The maximum atomic E-state index is 11.5. The summed E-state index contributed by atoms with van der Waals surface area (Å²) in [6.07, 6.45) is 3.57. The molecule has 0 bridgehead atoms. The SMILES string of the molecule is CCCC1(CNC(=O)N[C@H](CC(=O)O)C(=O)O)CC1. The molecule has 0 aromatic rings.